The maximum absolute atomic E-state index is 12.9. The summed E-state index contributed by atoms with van der Waals surface area (Å²) in [6.07, 6.45) is 79.0. The summed E-state index contributed by atoms with van der Waals surface area (Å²) < 4.78 is 16.9. The Morgan fingerprint density at radius 1 is 0.288 bits per heavy atom. The smallest absolute Gasteiger partial charge is 0.306 e. The van der Waals surface area contributed by atoms with Crippen LogP contribution in [0.2, 0.25) is 0 Å². The molecule has 0 amide bonds. The highest BCUT2D eigenvalue weighted by molar-refractivity contribution is 5.71. The lowest BCUT2D eigenvalue weighted by Crippen LogP contribution is -2.30. The Balaban J connectivity index is 4.37. The first-order chi connectivity index (χ1) is 36.0. The molecule has 0 aliphatic rings. The molecule has 0 saturated carbocycles. The third-order valence-electron chi connectivity index (χ3n) is 13.7. The molecule has 0 fully saturated rings. The molecule has 0 unspecified atom stereocenters. The van der Waals surface area contributed by atoms with Gasteiger partial charge in [0.2, 0.25) is 0 Å². The van der Waals surface area contributed by atoms with Crippen molar-refractivity contribution in [3.63, 3.8) is 0 Å². The van der Waals surface area contributed by atoms with Gasteiger partial charge in [-0.05, 0) is 109 Å². The Kier molecular flexibility index (Phi) is 58.7. The van der Waals surface area contributed by atoms with E-state index in [4.69, 9.17) is 14.2 Å². The zero-order valence-corrected chi connectivity index (χ0v) is 48.4. The molecule has 6 nitrogen and oxygen atoms in total. The fourth-order valence-electron chi connectivity index (χ4n) is 8.95. The lowest BCUT2D eigenvalue weighted by atomic mass is 10.0. The van der Waals surface area contributed by atoms with Crippen LogP contribution >= 0.6 is 0 Å². The third kappa shape index (κ3) is 59.6. The van der Waals surface area contributed by atoms with Gasteiger partial charge in [-0.15, -0.1) is 0 Å². The number of allylic oxidation sites excluding steroid dienone is 12. The number of carbonyl (C=O) groups excluding carboxylic acids is 3. The van der Waals surface area contributed by atoms with E-state index in [0.717, 1.165) is 103 Å². The number of carbonyl (C=O) groups is 3. The summed E-state index contributed by atoms with van der Waals surface area (Å²) in [5.74, 6) is -0.891. The van der Waals surface area contributed by atoms with Crippen molar-refractivity contribution < 1.29 is 28.6 Å². The number of rotatable bonds is 57. The van der Waals surface area contributed by atoms with Crippen LogP contribution in [0.5, 0.6) is 0 Å². The van der Waals surface area contributed by atoms with Crippen molar-refractivity contribution in [3.8, 4) is 0 Å². The van der Waals surface area contributed by atoms with Crippen LogP contribution in [-0.4, -0.2) is 37.2 Å². The Hall–Kier alpha value is -3.15. The molecular weight excluding hydrogens is 901 g/mol. The topological polar surface area (TPSA) is 78.9 Å². The summed E-state index contributed by atoms with van der Waals surface area (Å²) in [7, 11) is 0. The first-order valence-electron chi connectivity index (χ1n) is 31.4. The molecule has 0 N–H and O–H groups in total. The maximum Gasteiger partial charge on any atom is 0.306 e. The number of ether oxygens (including phenoxy) is 3. The normalized spacial score (nSPS) is 12.5. The highest BCUT2D eigenvalue weighted by Gasteiger charge is 2.19. The lowest BCUT2D eigenvalue weighted by Gasteiger charge is -2.18. The Bertz CT molecular complexity index is 1360. The third-order valence-corrected chi connectivity index (χ3v) is 13.7. The standard InChI is InChI=1S/C67H118O6/c1-4-7-10-13-16-19-22-25-28-30-32-33-35-37-40-43-46-49-52-55-58-61-67(70)73-64(62-71-65(68)59-56-53-50-47-44-41-38-27-24-21-18-15-12-9-6-3)63-72-66(69)60-57-54-51-48-45-42-39-36-34-31-29-26-23-20-17-14-11-8-5-2/h9,12,17-18,20-21,25-29,38,64H,4-8,10-11,13-16,19,22-24,30-37,39-63H2,1-3H3/b12-9-,20-17-,21-18-,28-25-,29-26-,38-27-/t64-/m1/s1. The van der Waals surface area contributed by atoms with Crippen molar-refractivity contribution in [2.45, 2.75) is 322 Å². The van der Waals surface area contributed by atoms with Gasteiger partial charge < -0.3 is 14.2 Å². The van der Waals surface area contributed by atoms with Crippen molar-refractivity contribution >= 4 is 17.9 Å². The highest BCUT2D eigenvalue weighted by Crippen LogP contribution is 2.16. The van der Waals surface area contributed by atoms with E-state index in [1.54, 1.807) is 0 Å². The number of hydrogen-bond acceptors (Lipinski definition) is 6. The lowest BCUT2D eigenvalue weighted by molar-refractivity contribution is -0.167. The molecule has 0 aromatic heterocycles. The minimum atomic E-state index is -0.786. The van der Waals surface area contributed by atoms with E-state index < -0.39 is 6.10 Å². The molecule has 0 saturated heterocycles. The molecule has 1 atom stereocenters. The SMILES string of the molecule is CC/C=C\C/C=C\C/C=C\CCCCCCCC(=O)OC[C@H](COC(=O)CCCCCCCCCCC/C=C\C/C=C\CCCCC)OC(=O)CCCCCCCCCCCCC/C=C\CCCCCCCC. The zero-order chi connectivity index (χ0) is 52.9. The predicted molar refractivity (Wildman–Crippen MR) is 316 cm³/mol. The van der Waals surface area contributed by atoms with Crippen LogP contribution in [0.1, 0.15) is 316 Å². The van der Waals surface area contributed by atoms with E-state index >= 15 is 0 Å². The minimum absolute atomic E-state index is 0.0821. The molecule has 0 aromatic rings. The highest BCUT2D eigenvalue weighted by atomic mass is 16.6. The summed E-state index contributed by atoms with van der Waals surface area (Å²) in [5.41, 5.74) is 0. The molecule has 0 radical (unpaired) electrons. The molecule has 0 aliphatic heterocycles. The van der Waals surface area contributed by atoms with Gasteiger partial charge in [0.05, 0.1) is 0 Å². The molecule has 0 bridgehead atoms. The number of unbranched alkanes of at least 4 members (excludes halogenated alkanes) is 34. The Labute approximate surface area is 453 Å². The first kappa shape index (κ1) is 69.8. The summed E-state index contributed by atoms with van der Waals surface area (Å²) in [6.45, 7) is 6.52. The molecule has 0 heterocycles. The molecular formula is C67H118O6. The molecule has 73 heavy (non-hydrogen) atoms. The average Bonchev–Trinajstić information content (AvgIpc) is 3.39. The van der Waals surface area contributed by atoms with Crippen molar-refractivity contribution in [2.75, 3.05) is 13.2 Å². The van der Waals surface area contributed by atoms with E-state index in [0.29, 0.717) is 19.3 Å². The molecule has 0 aliphatic carbocycles. The summed E-state index contributed by atoms with van der Waals surface area (Å²) in [5, 5.41) is 0. The maximum atomic E-state index is 12.9. The molecule has 0 aromatic carbocycles. The quantitative estimate of drug-likeness (QED) is 0.0261. The van der Waals surface area contributed by atoms with Gasteiger partial charge in [0.25, 0.3) is 0 Å². The molecule has 6 heteroatoms. The van der Waals surface area contributed by atoms with Crippen molar-refractivity contribution in [1.82, 2.24) is 0 Å². The summed E-state index contributed by atoms with van der Waals surface area (Å²) in [6, 6.07) is 0. The number of esters is 3. The van der Waals surface area contributed by atoms with E-state index in [2.05, 4.69) is 93.7 Å². The zero-order valence-electron chi connectivity index (χ0n) is 48.4. The second-order valence-corrected chi connectivity index (χ2v) is 20.9. The van der Waals surface area contributed by atoms with Gasteiger partial charge in [0.15, 0.2) is 6.10 Å². The molecule has 0 rings (SSSR count). The van der Waals surface area contributed by atoms with Gasteiger partial charge in [-0.3, -0.25) is 14.4 Å². The van der Waals surface area contributed by atoms with E-state index in [1.807, 2.05) is 0 Å². The van der Waals surface area contributed by atoms with E-state index in [9.17, 15) is 14.4 Å². The second kappa shape index (κ2) is 61.4. The van der Waals surface area contributed by atoms with Gasteiger partial charge >= 0.3 is 17.9 Å². The summed E-state index contributed by atoms with van der Waals surface area (Å²) in [4.78, 5) is 38.3. The van der Waals surface area contributed by atoms with Crippen LogP contribution < -0.4 is 0 Å². The van der Waals surface area contributed by atoms with Crippen LogP contribution in [-0.2, 0) is 28.6 Å². The van der Waals surface area contributed by atoms with Gasteiger partial charge in [-0.1, -0.05) is 261 Å². The van der Waals surface area contributed by atoms with Crippen molar-refractivity contribution in [3.05, 3.63) is 72.9 Å². The van der Waals surface area contributed by atoms with Gasteiger partial charge in [-0.25, -0.2) is 0 Å². The van der Waals surface area contributed by atoms with Crippen LogP contribution in [0.3, 0.4) is 0 Å². The van der Waals surface area contributed by atoms with Crippen molar-refractivity contribution in [2.24, 2.45) is 0 Å². The monoisotopic (exact) mass is 1020 g/mol. The average molecular weight is 1020 g/mol. The predicted octanol–water partition coefficient (Wildman–Crippen LogP) is 21.3. The first-order valence-corrected chi connectivity index (χ1v) is 31.4. The second-order valence-electron chi connectivity index (χ2n) is 20.9. The van der Waals surface area contributed by atoms with E-state index in [-0.39, 0.29) is 31.1 Å². The van der Waals surface area contributed by atoms with Gasteiger partial charge in [-0.2, -0.15) is 0 Å². The number of hydrogen-bond donors (Lipinski definition) is 0. The van der Waals surface area contributed by atoms with Gasteiger partial charge in [0, 0.05) is 19.3 Å². The van der Waals surface area contributed by atoms with Crippen LogP contribution in [0.15, 0.2) is 72.9 Å². The Morgan fingerprint density at radius 2 is 0.534 bits per heavy atom. The largest absolute Gasteiger partial charge is 0.462 e. The fourth-order valence-corrected chi connectivity index (χ4v) is 8.95. The van der Waals surface area contributed by atoms with Crippen LogP contribution in [0, 0.1) is 0 Å². The molecule has 422 valence electrons. The van der Waals surface area contributed by atoms with Crippen LogP contribution in [0.25, 0.3) is 0 Å². The van der Waals surface area contributed by atoms with Crippen LogP contribution in [0.4, 0.5) is 0 Å². The van der Waals surface area contributed by atoms with Crippen molar-refractivity contribution in [1.29, 1.82) is 0 Å². The fraction of sp³-hybridized carbons (Fsp3) is 0.776. The molecule has 0 spiro atoms. The van der Waals surface area contributed by atoms with Gasteiger partial charge in [0.1, 0.15) is 13.2 Å². The summed E-state index contributed by atoms with van der Waals surface area (Å²) >= 11 is 0. The minimum Gasteiger partial charge on any atom is -0.462 e. The Morgan fingerprint density at radius 3 is 0.877 bits per heavy atom. The van der Waals surface area contributed by atoms with E-state index in [1.165, 1.54) is 173 Å².